The molecule has 1 aromatic heterocycles. The van der Waals surface area contributed by atoms with Crippen molar-refractivity contribution in [1.82, 2.24) is 15.3 Å². The number of nitrogens with zero attached hydrogens (tertiary/aromatic N) is 1. The third kappa shape index (κ3) is 2.10. The lowest BCUT2D eigenvalue weighted by atomic mass is 9.94. The molecule has 2 aromatic rings. The largest absolute Gasteiger partial charge is 0.311 e. The maximum atomic E-state index is 12.4. The van der Waals surface area contributed by atoms with E-state index < -0.39 is 0 Å². The Balaban J connectivity index is 1.82. The summed E-state index contributed by atoms with van der Waals surface area (Å²) >= 11 is 0. The SMILES string of the molecule is O=c1[nH]c(C2(c3ccccc3)CC2)nc2c1CCCNC2. The summed E-state index contributed by atoms with van der Waals surface area (Å²) in [7, 11) is 0. The molecule has 0 spiro atoms. The van der Waals surface area contributed by atoms with Crippen molar-refractivity contribution in [2.75, 3.05) is 6.54 Å². The monoisotopic (exact) mass is 281 g/mol. The van der Waals surface area contributed by atoms with E-state index in [2.05, 4.69) is 34.6 Å². The number of H-pyrrole nitrogens is 1. The second-order valence-electron chi connectivity index (χ2n) is 6.07. The molecule has 0 atom stereocenters. The first-order chi connectivity index (χ1) is 10.3. The van der Waals surface area contributed by atoms with Crippen molar-refractivity contribution in [3.63, 3.8) is 0 Å². The molecule has 0 radical (unpaired) electrons. The molecule has 1 fully saturated rings. The molecule has 0 saturated heterocycles. The van der Waals surface area contributed by atoms with Gasteiger partial charge in [0.1, 0.15) is 5.82 Å². The van der Waals surface area contributed by atoms with Crippen LogP contribution < -0.4 is 10.9 Å². The van der Waals surface area contributed by atoms with E-state index in [9.17, 15) is 4.79 Å². The molecule has 1 aromatic carbocycles. The zero-order valence-electron chi connectivity index (χ0n) is 12.0. The van der Waals surface area contributed by atoms with Crippen LogP contribution in [-0.4, -0.2) is 16.5 Å². The number of fused-ring (bicyclic) bond motifs is 1. The fourth-order valence-electron chi connectivity index (χ4n) is 3.32. The highest BCUT2D eigenvalue weighted by Crippen LogP contribution is 2.51. The Hall–Kier alpha value is -1.94. The summed E-state index contributed by atoms with van der Waals surface area (Å²) in [6.45, 7) is 1.66. The Bertz CT molecular complexity index is 717. The molecule has 4 nitrogen and oxygen atoms in total. The van der Waals surface area contributed by atoms with Crippen LogP contribution in [0.15, 0.2) is 35.1 Å². The summed E-state index contributed by atoms with van der Waals surface area (Å²) in [5.41, 5.74) is 3.05. The van der Waals surface area contributed by atoms with Crippen LogP contribution in [0, 0.1) is 0 Å². The van der Waals surface area contributed by atoms with Crippen molar-refractivity contribution >= 4 is 0 Å². The minimum atomic E-state index is -0.0677. The Kier molecular flexibility index (Phi) is 2.93. The van der Waals surface area contributed by atoms with Gasteiger partial charge in [-0.2, -0.15) is 0 Å². The molecule has 2 aliphatic rings. The van der Waals surface area contributed by atoms with Gasteiger partial charge < -0.3 is 10.3 Å². The molecular weight excluding hydrogens is 262 g/mol. The first-order valence-corrected chi connectivity index (χ1v) is 7.68. The van der Waals surface area contributed by atoms with Gasteiger partial charge in [0.2, 0.25) is 0 Å². The number of rotatable bonds is 2. The van der Waals surface area contributed by atoms with Crippen molar-refractivity contribution < 1.29 is 0 Å². The van der Waals surface area contributed by atoms with E-state index in [0.29, 0.717) is 6.54 Å². The zero-order valence-corrected chi connectivity index (χ0v) is 12.0. The maximum absolute atomic E-state index is 12.4. The number of benzene rings is 1. The van der Waals surface area contributed by atoms with Gasteiger partial charge in [-0.1, -0.05) is 30.3 Å². The van der Waals surface area contributed by atoms with E-state index in [1.165, 1.54) is 5.56 Å². The van der Waals surface area contributed by atoms with Crippen LogP contribution in [0.5, 0.6) is 0 Å². The van der Waals surface area contributed by atoms with E-state index in [1.807, 2.05) is 6.07 Å². The van der Waals surface area contributed by atoms with Gasteiger partial charge in [0.15, 0.2) is 0 Å². The average molecular weight is 281 g/mol. The van der Waals surface area contributed by atoms with E-state index in [0.717, 1.165) is 49.3 Å². The van der Waals surface area contributed by atoms with Crippen LogP contribution in [0.4, 0.5) is 0 Å². The fourth-order valence-corrected chi connectivity index (χ4v) is 3.32. The predicted octanol–water partition coefficient (Wildman–Crippen LogP) is 1.89. The Morgan fingerprint density at radius 2 is 1.95 bits per heavy atom. The lowest BCUT2D eigenvalue weighted by Gasteiger charge is -2.16. The van der Waals surface area contributed by atoms with E-state index >= 15 is 0 Å². The highest BCUT2D eigenvalue weighted by molar-refractivity contribution is 5.40. The first-order valence-electron chi connectivity index (χ1n) is 7.68. The second-order valence-corrected chi connectivity index (χ2v) is 6.07. The topological polar surface area (TPSA) is 57.8 Å². The molecule has 1 aliphatic heterocycles. The Morgan fingerprint density at radius 1 is 1.14 bits per heavy atom. The summed E-state index contributed by atoms with van der Waals surface area (Å²) in [5, 5.41) is 3.35. The number of hydrogen-bond acceptors (Lipinski definition) is 3. The van der Waals surface area contributed by atoms with E-state index in [4.69, 9.17) is 4.98 Å². The first kappa shape index (κ1) is 12.8. The fraction of sp³-hybridized carbons (Fsp3) is 0.412. The van der Waals surface area contributed by atoms with Crippen LogP contribution in [0.2, 0.25) is 0 Å². The second kappa shape index (κ2) is 4.81. The molecule has 0 unspecified atom stereocenters. The molecule has 2 N–H and O–H groups in total. The van der Waals surface area contributed by atoms with Gasteiger partial charge in [-0.3, -0.25) is 4.79 Å². The smallest absolute Gasteiger partial charge is 0.254 e. The minimum absolute atomic E-state index is 0.0564. The maximum Gasteiger partial charge on any atom is 0.254 e. The third-order valence-electron chi connectivity index (χ3n) is 4.70. The average Bonchev–Trinajstić information content (AvgIpc) is 3.33. The van der Waals surface area contributed by atoms with Crippen molar-refractivity contribution in [2.24, 2.45) is 0 Å². The summed E-state index contributed by atoms with van der Waals surface area (Å²) in [6, 6.07) is 10.4. The summed E-state index contributed by atoms with van der Waals surface area (Å²) in [5.74, 6) is 0.848. The third-order valence-corrected chi connectivity index (χ3v) is 4.70. The van der Waals surface area contributed by atoms with Gasteiger partial charge in [-0.25, -0.2) is 4.98 Å². The number of hydrogen-bond donors (Lipinski definition) is 2. The van der Waals surface area contributed by atoms with Crippen molar-refractivity contribution in [1.29, 1.82) is 0 Å². The number of nitrogens with one attached hydrogen (secondary N) is 2. The van der Waals surface area contributed by atoms with Crippen molar-refractivity contribution in [3.05, 3.63) is 63.3 Å². The van der Waals surface area contributed by atoms with Crippen molar-refractivity contribution in [3.8, 4) is 0 Å². The molecule has 108 valence electrons. The summed E-state index contributed by atoms with van der Waals surface area (Å²) < 4.78 is 0. The standard InChI is InChI=1S/C17H19N3O/c21-15-13-7-4-10-18-11-14(13)19-16(20-15)17(8-9-17)12-5-2-1-3-6-12/h1-3,5-6,18H,4,7-11H2,(H,19,20,21). The van der Waals surface area contributed by atoms with Crippen LogP contribution >= 0.6 is 0 Å². The molecule has 0 bridgehead atoms. The van der Waals surface area contributed by atoms with Gasteiger partial charge in [-0.05, 0) is 37.8 Å². The van der Waals surface area contributed by atoms with Crippen LogP contribution in [-0.2, 0) is 18.4 Å². The normalized spacial score (nSPS) is 19.6. The highest BCUT2D eigenvalue weighted by atomic mass is 16.1. The molecular formula is C17H19N3O. The highest BCUT2D eigenvalue weighted by Gasteiger charge is 2.48. The summed E-state index contributed by atoms with van der Waals surface area (Å²) in [6.07, 6.45) is 3.95. The van der Waals surface area contributed by atoms with E-state index in [-0.39, 0.29) is 11.0 Å². The Morgan fingerprint density at radius 3 is 2.71 bits per heavy atom. The van der Waals surface area contributed by atoms with Crippen LogP contribution in [0.1, 0.15) is 41.9 Å². The van der Waals surface area contributed by atoms with Gasteiger partial charge in [0.25, 0.3) is 5.56 Å². The zero-order chi connectivity index (χ0) is 14.3. The van der Waals surface area contributed by atoms with E-state index in [1.54, 1.807) is 0 Å². The van der Waals surface area contributed by atoms with Gasteiger partial charge >= 0.3 is 0 Å². The lowest BCUT2D eigenvalue weighted by Crippen LogP contribution is -2.25. The van der Waals surface area contributed by atoms with Crippen LogP contribution in [0.25, 0.3) is 0 Å². The lowest BCUT2D eigenvalue weighted by molar-refractivity contribution is 0.666. The number of aromatic amines is 1. The molecule has 4 rings (SSSR count). The Labute approximate surface area is 123 Å². The number of aromatic nitrogens is 2. The van der Waals surface area contributed by atoms with Crippen LogP contribution in [0.3, 0.4) is 0 Å². The van der Waals surface area contributed by atoms with Gasteiger partial charge in [0, 0.05) is 12.1 Å². The predicted molar refractivity (Wildman–Crippen MR) is 81.3 cm³/mol. The summed E-state index contributed by atoms with van der Waals surface area (Å²) in [4.78, 5) is 20.3. The van der Waals surface area contributed by atoms with Gasteiger partial charge in [0.05, 0.1) is 11.1 Å². The molecule has 0 amide bonds. The molecule has 4 heteroatoms. The van der Waals surface area contributed by atoms with Gasteiger partial charge in [-0.15, -0.1) is 0 Å². The minimum Gasteiger partial charge on any atom is -0.311 e. The quantitative estimate of drug-likeness (QED) is 0.883. The molecule has 1 aliphatic carbocycles. The molecule has 21 heavy (non-hydrogen) atoms. The molecule has 2 heterocycles. The molecule has 1 saturated carbocycles. The van der Waals surface area contributed by atoms with Crippen molar-refractivity contribution in [2.45, 2.75) is 37.6 Å².